The number of hydrogen-bond acceptors (Lipinski definition) is 4. The second-order valence-corrected chi connectivity index (χ2v) is 6.22. The number of rotatable bonds is 3. The highest BCUT2D eigenvalue weighted by molar-refractivity contribution is 7.94. The van der Waals surface area contributed by atoms with Gasteiger partial charge in [0.15, 0.2) is 11.3 Å². The molecule has 8 heteroatoms. The standard InChI is InChI=1S/C14H11Cl2FN4S.C2H6/c1-7(10-4-3-9(15)5-11(10)16)21-8(2)19-13-14(21)20-12(22-17)6-18-13;1-2/h3-7H,1-2H3;1-2H3. The third-order valence-electron chi connectivity index (χ3n) is 3.44. The van der Waals surface area contributed by atoms with E-state index in [1.165, 1.54) is 6.20 Å². The molecule has 1 aromatic carbocycles. The van der Waals surface area contributed by atoms with Crippen LogP contribution in [0.15, 0.2) is 29.4 Å². The Balaban J connectivity index is 0.00000100. The molecule has 3 rings (SSSR count). The summed E-state index contributed by atoms with van der Waals surface area (Å²) in [6, 6.07) is 5.20. The fourth-order valence-electron chi connectivity index (χ4n) is 2.44. The van der Waals surface area contributed by atoms with Crippen LogP contribution in [0.2, 0.25) is 10.0 Å². The van der Waals surface area contributed by atoms with E-state index in [2.05, 4.69) is 15.0 Å². The minimum Gasteiger partial charge on any atom is -0.304 e. The van der Waals surface area contributed by atoms with Crippen molar-refractivity contribution >= 4 is 46.6 Å². The van der Waals surface area contributed by atoms with Gasteiger partial charge in [-0.25, -0.2) is 15.0 Å². The lowest BCUT2D eigenvalue weighted by atomic mass is 10.1. The quantitative estimate of drug-likeness (QED) is 0.548. The van der Waals surface area contributed by atoms with Crippen LogP contribution >= 0.6 is 35.3 Å². The van der Waals surface area contributed by atoms with Crippen molar-refractivity contribution in [3.63, 3.8) is 0 Å². The number of benzene rings is 1. The summed E-state index contributed by atoms with van der Waals surface area (Å²) in [5.74, 6) is 0.731. The van der Waals surface area contributed by atoms with Crippen LogP contribution in [0.1, 0.15) is 38.2 Å². The van der Waals surface area contributed by atoms with Crippen LogP contribution in [-0.2, 0) is 0 Å². The van der Waals surface area contributed by atoms with Crippen molar-refractivity contribution in [1.82, 2.24) is 19.5 Å². The topological polar surface area (TPSA) is 43.6 Å². The van der Waals surface area contributed by atoms with E-state index >= 15 is 0 Å². The van der Waals surface area contributed by atoms with E-state index in [1.54, 1.807) is 12.1 Å². The summed E-state index contributed by atoms with van der Waals surface area (Å²) in [6.45, 7) is 7.83. The molecule has 4 nitrogen and oxygen atoms in total. The van der Waals surface area contributed by atoms with E-state index in [9.17, 15) is 3.89 Å². The van der Waals surface area contributed by atoms with Crippen LogP contribution in [0.3, 0.4) is 0 Å². The number of fused-ring (bicyclic) bond motifs is 1. The molecule has 0 bridgehead atoms. The van der Waals surface area contributed by atoms with Gasteiger partial charge in [0, 0.05) is 10.0 Å². The molecule has 0 aliphatic carbocycles. The van der Waals surface area contributed by atoms with Crippen molar-refractivity contribution in [3.05, 3.63) is 45.8 Å². The molecular formula is C16H17Cl2FN4S. The van der Waals surface area contributed by atoms with Crippen LogP contribution in [0, 0.1) is 6.92 Å². The van der Waals surface area contributed by atoms with Crippen molar-refractivity contribution in [2.75, 3.05) is 0 Å². The number of halogens is 3. The van der Waals surface area contributed by atoms with Gasteiger partial charge in [-0.1, -0.05) is 43.1 Å². The first-order valence-electron chi connectivity index (χ1n) is 7.46. The van der Waals surface area contributed by atoms with Gasteiger partial charge >= 0.3 is 0 Å². The minimum absolute atomic E-state index is 0.0560. The van der Waals surface area contributed by atoms with Crippen LogP contribution < -0.4 is 0 Å². The summed E-state index contributed by atoms with van der Waals surface area (Å²) in [6.07, 6.45) is 1.36. The molecule has 128 valence electrons. The molecule has 1 atom stereocenters. The predicted molar refractivity (Wildman–Crippen MR) is 98.6 cm³/mol. The molecule has 0 spiro atoms. The van der Waals surface area contributed by atoms with Gasteiger partial charge in [0.25, 0.3) is 0 Å². The molecule has 0 aliphatic rings. The maximum Gasteiger partial charge on any atom is 0.197 e. The van der Waals surface area contributed by atoms with Crippen molar-refractivity contribution < 1.29 is 3.89 Å². The fourth-order valence-corrected chi connectivity index (χ4v) is 3.22. The van der Waals surface area contributed by atoms with Gasteiger partial charge in [-0.3, -0.25) is 0 Å². The third kappa shape index (κ3) is 3.66. The SMILES string of the molecule is CC.Cc1nc2ncc(SF)nc2n1C(C)c1ccc(Cl)cc1Cl. The lowest BCUT2D eigenvalue weighted by molar-refractivity contribution is 0.631. The maximum atomic E-state index is 12.8. The second kappa shape index (κ2) is 8.14. The van der Waals surface area contributed by atoms with Crippen LogP contribution in [0.4, 0.5) is 3.89 Å². The summed E-state index contributed by atoms with van der Waals surface area (Å²) in [7, 11) is 0. The molecule has 2 heterocycles. The average Bonchev–Trinajstić information content (AvgIpc) is 2.91. The number of aromatic nitrogens is 4. The van der Waals surface area contributed by atoms with Crippen molar-refractivity contribution in [1.29, 1.82) is 0 Å². The van der Waals surface area contributed by atoms with E-state index in [0.717, 1.165) is 11.4 Å². The molecule has 0 saturated heterocycles. The van der Waals surface area contributed by atoms with Crippen molar-refractivity contribution in [3.8, 4) is 0 Å². The molecule has 0 saturated carbocycles. The minimum atomic E-state index is -0.135. The maximum absolute atomic E-state index is 12.8. The Morgan fingerprint density at radius 2 is 1.92 bits per heavy atom. The Morgan fingerprint density at radius 1 is 1.21 bits per heavy atom. The highest BCUT2D eigenvalue weighted by Gasteiger charge is 2.19. The van der Waals surface area contributed by atoms with Crippen LogP contribution in [0.25, 0.3) is 11.3 Å². The largest absolute Gasteiger partial charge is 0.304 e. The summed E-state index contributed by atoms with van der Waals surface area (Å²) in [5, 5.41) is 1.33. The summed E-state index contributed by atoms with van der Waals surface area (Å²) >= 11 is 12.3. The van der Waals surface area contributed by atoms with Crippen molar-refractivity contribution in [2.24, 2.45) is 0 Å². The second-order valence-electron chi connectivity index (χ2n) is 4.80. The summed E-state index contributed by atoms with van der Waals surface area (Å²) in [4.78, 5) is 12.8. The molecule has 3 aromatic rings. The van der Waals surface area contributed by atoms with E-state index in [0.29, 0.717) is 21.3 Å². The zero-order valence-corrected chi connectivity index (χ0v) is 16.0. The zero-order valence-electron chi connectivity index (χ0n) is 13.7. The molecule has 24 heavy (non-hydrogen) atoms. The molecule has 0 radical (unpaired) electrons. The Hall–Kier alpha value is -1.37. The van der Waals surface area contributed by atoms with E-state index < -0.39 is 0 Å². The van der Waals surface area contributed by atoms with Gasteiger partial charge in [0.1, 0.15) is 23.0 Å². The normalized spacial score (nSPS) is 12.0. The van der Waals surface area contributed by atoms with Crippen LogP contribution in [-0.4, -0.2) is 19.5 Å². The fraction of sp³-hybridized carbons (Fsp3) is 0.312. The highest BCUT2D eigenvalue weighted by atomic mass is 35.5. The van der Waals surface area contributed by atoms with Gasteiger partial charge in [-0.2, -0.15) is 3.89 Å². The molecule has 0 amide bonds. The molecule has 1 unspecified atom stereocenters. The van der Waals surface area contributed by atoms with Gasteiger partial charge in [-0.05, 0) is 31.5 Å². The first-order valence-corrected chi connectivity index (χ1v) is 8.93. The molecule has 0 aliphatic heterocycles. The van der Waals surface area contributed by atoms with Crippen molar-refractivity contribution in [2.45, 2.75) is 38.8 Å². The third-order valence-corrected chi connectivity index (χ3v) is 4.35. The number of hydrogen-bond donors (Lipinski definition) is 0. The number of aryl methyl sites for hydroxylation is 1. The summed E-state index contributed by atoms with van der Waals surface area (Å²) in [5.41, 5.74) is 1.89. The first kappa shape index (κ1) is 19.0. The van der Waals surface area contributed by atoms with E-state index in [-0.39, 0.29) is 23.2 Å². The Bertz CT molecular complexity index is 853. The average molecular weight is 387 g/mol. The smallest absolute Gasteiger partial charge is 0.197 e. The van der Waals surface area contributed by atoms with E-state index in [1.807, 2.05) is 38.3 Å². The molecular weight excluding hydrogens is 370 g/mol. The van der Waals surface area contributed by atoms with E-state index in [4.69, 9.17) is 23.2 Å². The molecule has 2 aromatic heterocycles. The van der Waals surface area contributed by atoms with Gasteiger partial charge < -0.3 is 4.57 Å². The number of imidazole rings is 1. The molecule has 0 fully saturated rings. The van der Waals surface area contributed by atoms with Gasteiger partial charge in [0.2, 0.25) is 0 Å². The molecule has 0 N–H and O–H groups in total. The van der Waals surface area contributed by atoms with Gasteiger partial charge in [-0.15, -0.1) is 0 Å². The Morgan fingerprint density at radius 3 is 2.54 bits per heavy atom. The first-order chi connectivity index (χ1) is 11.5. The van der Waals surface area contributed by atoms with Crippen LogP contribution in [0.5, 0.6) is 0 Å². The monoisotopic (exact) mass is 386 g/mol. The Labute approximate surface area is 154 Å². The zero-order chi connectivity index (χ0) is 17.9. The lowest BCUT2D eigenvalue weighted by Gasteiger charge is -2.17. The Kier molecular flexibility index (Phi) is 6.43. The highest BCUT2D eigenvalue weighted by Crippen LogP contribution is 2.31. The van der Waals surface area contributed by atoms with Gasteiger partial charge in [0.05, 0.1) is 12.2 Å². The number of nitrogens with zero attached hydrogens (tertiary/aromatic N) is 4. The summed E-state index contributed by atoms with van der Waals surface area (Å²) < 4.78 is 14.7. The predicted octanol–water partition coefficient (Wildman–Crippen LogP) is 6.05. The lowest BCUT2D eigenvalue weighted by Crippen LogP contribution is -2.10.